The minimum Gasteiger partial charge on any atom is -0.386 e. The standard InChI is InChI=1S/C18H20N4O4/c1-18(25)13(24)17(22-8-7-11-15(19)20-9-21-16(11)22)26-14(18)12(23)10-5-3-2-4-6-10/h2-9,12-14,17,23-25H,1H3,(H2,19,20,21)/t12-,13+,14-,17-,18+/m1/s1. The van der Waals surface area contributed by atoms with Gasteiger partial charge in [0, 0.05) is 6.20 Å². The molecule has 5 atom stereocenters. The van der Waals surface area contributed by atoms with Gasteiger partial charge < -0.3 is 30.4 Å². The number of aromatic nitrogens is 3. The molecule has 1 saturated heterocycles. The van der Waals surface area contributed by atoms with Crippen LogP contribution in [0.15, 0.2) is 48.9 Å². The van der Waals surface area contributed by atoms with E-state index in [-0.39, 0.29) is 0 Å². The number of fused-ring (bicyclic) bond motifs is 1. The average Bonchev–Trinajstić information content (AvgIpc) is 3.16. The molecule has 4 rings (SSSR count). The third-order valence-electron chi connectivity index (χ3n) is 4.97. The maximum Gasteiger partial charge on any atom is 0.164 e. The van der Waals surface area contributed by atoms with Crippen LogP contribution in [0.4, 0.5) is 5.82 Å². The van der Waals surface area contributed by atoms with E-state index >= 15 is 0 Å². The number of benzene rings is 1. The van der Waals surface area contributed by atoms with Crippen molar-refractivity contribution in [3.05, 3.63) is 54.5 Å². The smallest absolute Gasteiger partial charge is 0.164 e. The Morgan fingerprint density at radius 3 is 2.69 bits per heavy atom. The Balaban J connectivity index is 1.72. The molecule has 0 radical (unpaired) electrons. The van der Waals surface area contributed by atoms with E-state index < -0.39 is 30.1 Å². The molecule has 0 aliphatic carbocycles. The SMILES string of the molecule is C[C@@]1(O)[C@@H]([C@H](O)c2ccccc2)O[C@@H](n2ccc3c(N)ncnc32)[C@@H]1O. The minimum absolute atomic E-state index is 0.314. The first-order valence-corrected chi connectivity index (χ1v) is 8.27. The van der Waals surface area contributed by atoms with Gasteiger partial charge in [0.05, 0.1) is 5.39 Å². The van der Waals surface area contributed by atoms with Crippen LogP contribution < -0.4 is 5.73 Å². The van der Waals surface area contributed by atoms with Crippen LogP contribution in [0.5, 0.6) is 0 Å². The van der Waals surface area contributed by atoms with E-state index in [0.29, 0.717) is 22.4 Å². The van der Waals surface area contributed by atoms with Gasteiger partial charge in [-0.3, -0.25) is 0 Å². The zero-order valence-corrected chi connectivity index (χ0v) is 14.1. The summed E-state index contributed by atoms with van der Waals surface area (Å²) in [5, 5.41) is 32.9. The van der Waals surface area contributed by atoms with Crippen LogP contribution in [-0.2, 0) is 4.74 Å². The van der Waals surface area contributed by atoms with Crippen molar-refractivity contribution in [2.75, 3.05) is 5.73 Å². The summed E-state index contributed by atoms with van der Waals surface area (Å²) in [6.07, 6.45) is -1.35. The second kappa shape index (κ2) is 6.03. The van der Waals surface area contributed by atoms with Gasteiger partial charge in [0.15, 0.2) is 6.23 Å². The number of aliphatic hydroxyl groups is 3. The summed E-state index contributed by atoms with van der Waals surface area (Å²) in [5.74, 6) is 0.314. The highest BCUT2D eigenvalue weighted by molar-refractivity contribution is 5.86. The lowest BCUT2D eigenvalue weighted by atomic mass is 9.88. The molecule has 136 valence electrons. The monoisotopic (exact) mass is 356 g/mol. The van der Waals surface area contributed by atoms with Crippen molar-refractivity contribution in [1.82, 2.24) is 14.5 Å². The first kappa shape index (κ1) is 16.9. The number of nitrogens with zero attached hydrogens (tertiary/aromatic N) is 3. The molecule has 0 spiro atoms. The molecule has 26 heavy (non-hydrogen) atoms. The van der Waals surface area contributed by atoms with Gasteiger partial charge in [-0.05, 0) is 18.6 Å². The zero-order chi connectivity index (χ0) is 18.5. The molecule has 1 aromatic carbocycles. The summed E-state index contributed by atoms with van der Waals surface area (Å²) in [7, 11) is 0. The van der Waals surface area contributed by atoms with E-state index in [1.807, 2.05) is 6.07 Å². The molecule has 8 heteroatoms. The van der Waals surface area contributed by atoms with Gasteiger partial charge in [-0.25, -0.2) is 9.97 Å². The summed E-state index contributed by atoms with van der Waals surface area (Å²) in [6.45, 7) is 1.45. The lowest BCUT2D eigenvalue weighted by Gasteiger charge is -2.29. The summed E-state index contributed by atoms with van der Waals surface area (Å²) in [6, 6.07) is 10.6. The highest BCUT2D eigenvalue weighted by Gasteiger charge is 2.55. The normalized spacial score (nSPS) is 29.9. The van der Waals surface area contributed by atoms with E-state index in [9.17, 15) is 15.3 Å². The largest absolute Gasteiger partial charge is 0.386 e. The molecule has 0 saturated carbocycles. The quantitative estimate of drug-likeness (QED) is 0.545. The molecule has 0 amide bonds. The fourth-order valence-corrected chi connectivity index (χ4v) is 3.45. The third kappa shape index (κ3) is 2.46. The van der Waals surface area contributed by atoms with Crippen molar-refractivity contribution >= 4 is 16.9 Å². The molecule has 0 bridgehead atoms. The zero-order valence-electron chi connectivity index (χ0n) is 14.1. The predicted molar refractivity (Wildman–Crippen MR) is 93.9 cm³/mol. The fourth-order valence-electron chi connectivity index (χ4n) is 3.45. The Hall–Kier alpha value is -2.52. The molecule has 1 aliphatic rings. The molecule has 8 nitrogen and oxygen atoms in total. The van der Waals surface area contributed by atoms with Gasteiger partial charge in [-0.15, -0.1) is 0 Å². The van der Waals surface area contributed by atoms with Crippen molar-refractivity contribution in [2.45, 2.75) is 37.1 Å². The highest BCUT2D eigenvalue weighted by atomic mass is 16.6. The van der Waals surface area contributed by atoms with Gasteiger partial charge in [0.2, 0.25) is 0 Å². The van der Waals surface area contributed by atoms with Crippen LogP contribution in [0.1, 0.15) is 24.8 Å². The molecule has 3 aromatic rings. The maximum absolute atomic E-state index is 10.8. The summed E-state index contributed by atoms with van der Waals surface area (Å²) < 4.78 is 7.50. The maximum atomic E-state index is 10.8. The summed E-state index contributed by atoms with van der Waals surface area (Å²) in [4.78, 5) is 8.13. The van der Waals surface area contributed by atoms with Gasteiger partial charge in [-0.2, -0.15) is 0 Å². The summed E-state index contributed by atoms with van der Waals surface area (Å²) in [5.41, 5.74) is 5.25. The molecule has 3 heterocycles. The van der Waals surface area contributed by atoms with Gasteiger partial charge >= 0.3 is 0 Å². The van der Waals surface area contributed by atoms with E-state index in [2.05, 4.69) is 9.97 Å². The predicted octanol–water partition coefficient (Wildman–Crippen LogP) is 0.756. The van der Waals surface area contributed by atoms with E-state index in [1.54, 1.807) is 41.1 Å². The lowest BCUT2D eigenvalue weighted by Crippen LogP contribution is -2.47. The van der Waals surface area contributed by atoms with Crippen molar-refractivity contribution in [3.8, 4) is 0 Å². The molecular weight excluding hydrogens is 336 g/mol. The summed E-state index contributed by atoms with van der Waals surface area (Å²) >= 11 is 0. The first-order chi connectivity index (χ1) is 12.4. The number of hydrogen-bond donors (Lipinski definition) is 4. The molecule has 0 unspecified atom stereocenters. The average molecular weight is 356 g/mol. The molecule has 5 N–H and O–H groups in total. The third-order valence-corrected chi connectivity index (χ3v) is 4.97. The Labute approximate surface area is 149 Å². The number of anilines is 1. The van der Waals surface area contributed by atoms with Crippen molar-refractivity contribution in [1.29, 1.82) is 0 Å². The number of nitrogens with two attached hydrogens (primary N) is 1. The minimum atomic E-state index is -1.67. The topological polar surface area (TPSA) is 127 Å². The Kier molecular flexibility index (Phi) is 3.92. The lowest BCUT2D eigenvalue weighted by molar-refractivity contribution is -0.115. The second-order valence-electron chi connectivity index (χ2n) is 6.69. The first-order valence-electron chi connectivity index (χ1n) is 8.27. The van der Waals surface area contributed by atoms with Crippen LogP contribution >= 0.6 is 0 Å². The number of nitrogen functional groups attached to an aromatic ring is 1. The Morgan fingerprint density at radius 1 is 1.23 bits per heavy atom. The van der Waals surface area contributed by atoms with E-state index in [4.69, 9.17) is 10.5 Å². The molecule has 1 fully saturated rings. The van der Waals surface area contributed by atoms with Crippen LogP contribution in [0.2, 0.25) is 0 Å². The number of ether oxygens (including phenoxy) is 1. The van der Waals surface area contributed by atoms with Crippen LogP contribution in [-0.4, -0.2) is 47.7 Å². The number of aliphatic hydroxyl groups excluding tert-OH is 2. The van der Waals surface area contributed by atoms with Gasteiger partial charge in [0.25, 0.3) is 0 Å². The van der Waals surface area contributed by atoms with Gasteiger partial charge in [-0.1, -0.05) is 30.3 Å². The number of rotatable bonds is 3. The van der Waals surface area contributed by atoms with E-state index in [1.165, 1.54) is 13.3 Å². The van der Waals surface area contributed by atoms with Crippen LogP contribution in [0.3, 0.4) is 0 Å². The Bertz CT molecular complexity index is 927. The van der Waals surface area contributed by atoms with Gasteiger partial charge in [0.1, 0.15) is 41.7 Å². The highest BCUT2D eigenvalue weighted by Crippen LogP contribution is 2.43. The van der Waals surface area contributed by atoms with Crippen LogP contribution in [0.25, 0.3) is 11.0 Å². The number of hydrogen-bond acceptors (Lipinski definition) is 7. The van der Waals surface area contributed by atoms with Crippen molar-refractivity contribution < 1.29 is 20.1 Å². The Morgan fingerprint density at radius 2 is 1.96 bits per heavy atom. The van der Waals surface area contributed by atoms with E-state index in [0.717, 1.165) is 0 Å². The molecule has 1 aliphatic heterocycles. The second-order valence-corrected chi connectivity index (χ2v) is 6.69. The molecular formula is C18H20N4O4. The fraction of sp³-hybridized carbons (Fsp3) is 0.333. The van der Waals surface area contributed by atoms with Crippen molar-refractivity contribution in [2.24, 2.45) is 0 Å². The molecule has 2 aromatic heterocycles. The van der Waals surface area contributed by atoms with Crippen LogP contribution in [0, 0.1) is 0 Å². The van der Waals surface area contributed by atoms with Crippen molar-refractivity contribution in [3.63, 3.8) is 0 Å².